The quantitative estimate of drug-likeness (QED) is 0.449. The summed E-state index contributed by atoms with van der Waals surface area (Å²) < 4.78 is 7.39. The number of amides is 1. The predicted molar refractivity (Wildman–Crippen MR) is 114 cm³/mol. The fourth-order valence-electron chi connectivity index (χ4n) is 3.86. The molecule has 2 atom stereocenters. The number of esters is 1. The number of para-hydroxylation sites is 2. The highest BCUT2D eigenvalue weighted by molar-refractivity contribution is 7.10. The third kappa shape index (κ3) is 3.44. The van der Waals surface area contributed by atoms with Gasteiger partial charge in [-0.1, -0.05) is 32.0 Å². The molecule has 7 heteroatoms. The zero-order valence-corrected chi connectivity index (χ0v) is 17.7. The Morgan fingerprint density at radius 2 is 2.03 bits per heavy atom. The van der Waals surface area contributed by atoms with E-state index in [4.69, 9.17) is 9.72 Å². The molecule has 0 saturated heterocycles. The first-order valence-electron chi connectivity index (χ1n) is 10.0. The van der Waals surface area contributed by atoms with Gasteiger partial charge in [-0.3, -0.25) is 19.1 Å². The van der Waals surface area contributed by atoms with Gasteiger partial charge in [0.1, 0.15) is 0 Å². The lowest BCUT2D eigenvalue weighted by molar-refractivity contribution is -0.153. The minimum absolute atomic E-state index is 0.231. The van der Waals surface area contributed by atoms with E-state index < -0.39 is 17.9 Å². The molecule has 2 aromatic heterocycles. The summed E-state index contributed by atoms with van der Waals surface area (Å²) in [7, 11) is 0. The summed E-state index contributed by atoms with van der Waals surface area (Å²) in [5.74, 6) is -0.599. The number of carbonyl (C=O) groups excluding carboxylic acids is 2. The van der Waals surface area contributed by atoms with Gasteiger partial charge in [-0.25, -0.2) is 4.98 Å². The molecular weight excluding hydrogens is 386 g/mol. The van der Waals surface area contributed by atoms with Crippen LogP contribution in [0.15, 0.2) is 41.8 Å². The first-order valence-corrected chi connectivity index (χ1v) is 10.9. The van der Waals surface area contributed by atoms with E-state index in [-0.39, 0.29) is 12.5 Å². The van der Waals surface area contributed by atoms with Crippen molar-refractivity contribution in [3.63, 3.8) is 0 Å². The molecule has 0 radical (unpaired) electrons. The van der Waals surface area contributed by atoms with E-state index in [1.54, 1.807) is 11.8 Å². The third-order valence-corrected chi connectivity index (χ3v) is 6.19. The highest BCUT2D eigenvalue weighted by atomic mass is 32.1. The van der Waals surface area contributed by atoms with Gasteiger partial charge in [0, 0.05) is 11.4 Å². The lowest BCUT2D eigenvalue weighted by Crippen LogP contribution is -2.50. The molecule has 0 fully saturated rings. The van der Waals surface area contributed by atoms with E-state index in [2.05, 4.69) is 13.8 Å². The Bertz CT molecular complexity index is 1030. The van der Waals surface area contributed by atoms with Gasteiger partial charge in [-0.2, -0.15) is 0 Å². The number of rotatable bonds is 6. The Kier molecular flexibility index (Phi) is 5.41. The smallest absolute Gasteiger partial charge is 0.321 e. The summed E-state index contributed by atoms with van der Waals surface area (Å²) in [5, 5.41) is 1.96. The van der Waals surface area contributed by atoms with E-state index in [1.807, 2.05) is 46.3 Å². The monoisotopic (exact) mass is 411 g/mol. The van der Waals surface area contributed by atoms with Crippen LogP contribution in [-0.2, 0) is 14.3 Å². The van der Waals surface area contributed by atoms with Gasteiger partial charge in [-0.05, 0) is 42.8 Å². The summed E-state index contributed by atoms with van der Waals surface area (Å²) in [6, 6.07) is 11.3. The maximum absolute atomic E-state index is 13.6. The molecule has 4 rings (SSSR count). The minimum atomic E-state index is -0.925. The van der Waals surface area contributed by atoms with Crippen LogP contribution in [0.1, 0.15) is 38.1 Å². The number of benzene rings is 1. The average Bonchev–Trinajstić information content (AvgIpc) is 3.34. The molecule has 0 N–H and O–H groups in total. The number of hydrogen-bond donors (Lipinski definition) is 0. The van der Waals surface area contributed by atoms with Gasteiger partial charge in [0.25, 0.3) is 0 Å². The largest absolute Gasteiger partial charge is 0.465 e. The first-order chi connectivity index (χ1) is 14.0. The lowest BCUT2D eigenvalue weighted by Gasteiger charge is -2.37. The molecule has 1 aromatic carbocycles. The van der Waals surface area contributed by atoms with Crippen LogP contribution in [0.5, 0.6) is 0 Å². The minimum Gasteiger partial charge on any atom is -0.465 e. The van der Waals surface area contributed by atoms with Crippen LogP contribution in [-0.4, -0.2) is 34.6 Å². The Morgan fingerprint density at radius 1 is 1.24 bits per heavy atom. The maximum Gasteiger partial charge on any atom is 0.321 e. The number of aromatic nitrogens is 2. The second kappa shape index (κ2) is 7.99. The van der Waals surface area contributed by atoms with Gasteiger partial charge >= 0.3 is 5.97 Å². The van der Waals surface area contributed by atoms with Crippen molar-refractivity contribution in [2.75, 3.05) is 18.1 Å². The topological polar surface area (TPSA) is 64.4 Å². The van der Waals surface area contributed by atoms with Crippen LogP contribution in [0.3, 0.4) is 0 Å². The van der Waals surface area contributed by atoms with Gasteiger partial charge in [0.15, 0.2) is 5.92 Å². The fraction of sp³-hybridized carbons (Fsp3) is 0.409. The summed E-state index contributed by atoms with van der Waals surface area (Å²) in [5.41, 5.74) is 1.73. The number of thiophene rings is 1. The van der Waals surface area contributed by atoms with E-state index in [9.17, 15) is 9.59 Å². The second-order valence-corrected chi connectivity index (χ2v) is 8.61. The molecule has 3 aromatic rings. The van der Waals surface area contributed by atoms with Crippen molar-refractivity contribution in [2.45, 2.75) is 33.2 Å². The van der Waals surface area contributed by atoms with Gasteiger partial charge in [0.05, 0.1) is 23.7 Å². The molecule has 2 unspecified atom stereocenters. The Balaban J connectivity index is 1.93. The Morgan fingerprint density at radius 3 is 2.72 bits per heavy atom. The van der Waals surface area contributed by atoms with Crippen molar-refractivity contribution in [2.24, 2.45) is 11.8 Å². The van der Waals surface area contributed by atoms with Crippen LogP contribution >= 0.6 is 11.3 Å². The van der Waals surface area contributed by atoms with Gasteiger partial charge in [0.2, 0.25) is 11.9 Å². The number of carbonyl (C=O) groups is 2. The molecule has 0 saturated carbocycles. The molecule has 1 amide bonds. The number of fused-ring (bicyclic) bond motifs is 3. The van der Waals surface area contributed by atoms with E-state index >= 15 is 0 Å². The molecule has 1 aliphatic rings. The van der Waals surface area contributed by atoms with Crippen molar-refractivity contribution in [1.82, 2.24) is 9.55 Å². The standard InChI is InChI=1S/C22H25N3O3S/c1-4-28-21(27)18-19(17-10-7-13-29-17)25-16-9-6-5-8-15(16)23-22(25)24(20(18)26)12-11-14(2)3/h5-10,13-14,18-19H,4,11-12H2,1-3H3. The number of imidazole rings is 1. The number of hydrogen-bond acceptors (Lipinski definition) is 5. The maximum atomic E-state index is 13.6. The molecule has 0 spiro atoms. The van der Waals surface area contributed by atoms with Crippen LogP contribution in [0.25, 0.3) is 11.0 Å². The highest BCUT2D eigenvalue weighted by Gasteiger charge is 2.48. The SMILES string of the molecule is CCOC(=O)C1C(=O)N(CCC(C)C)c2nc3ccccc3n2C1c1cccs1. The normalized spacial score (nSPS) is 19.0. The first kappa shape index (κ1) is 19.6. The predicted octanol–water partition coefficient (Wildman–Crippen LogP) is 4.26. The molecule has 0 bridgehead atoms. The number of nitrogens with zero attached hydrogens (tertiary/aromatic N) is 3. The number of anilines is 1. The average molecular weight is 412 g/mol. The molecular formula is C22H25N3O3S. The van der Waals surface area contributed by atoms with E-state index in [1.165, 1.54) is 11.3 Å². The fourth-order valence-corrected chi connectivity index (χ4v) is 4.71. The Labute approximate surface area is 174 Å². The molecule has 152 valence electrons. The van der Waals surface area contributed by atoms with Crippen LogP contribution in [0.4, 0.5) is 5.95 Å². The summed E-state index contributed by atoms with van der Waals surface area (Å²) in [4.78, 5) is 33.9. The molecule has 29 heavy (non-hydrogen) atoms. The highest BCUT2D eigenvalue weighted by Crippen LogP contribution is 2.42. The summed E-state index contributed by atoms with van der Waals surface area (Å²) in [6.45, 7) is 6.76. The zero-order valence-electron chi connectivity index (χ0n) is 16.9. The Hall–Kier alpha value is -2.67. The van der Waals surface area contributed by atoms with Crippen molar-refractivity contribution in [3.05, 3.63) is 46.7 Å². The molecule has 1 aliphatic heterocycles. The second-order valence-electron chi connectivity index (χ2n) is 7.63. The van der Waals surface area contributed by atoms with E-state index in [0.29, 0.717) is 18.4 Å². The third-order valence-electron chi connectivity index (χ3n) is 5.25. The van der Waals surface area contributed by atoms with Gasteiger partial charge < -0.3 is 4.74 Å². The van der Waals surface area contributed by atoms with Crippen LogP contribution < -0.4 is 4.90 Å². The van der Waals surface area contributed by atoms with Crippen molar-refractivity contribution < 1.29 is 14.3 Å². The molecule has 0 aliphatic carbocycles. The van der Waals surface area contributed by atoms with Crippen molar-refractivity contribution in [3.8, 4) is 0 Å². The van der Waals surface area contributed by atoms with Crippen LogP contribution in [0, 0.1) is 11.8 Å². The zero-order chi connectivity index (χ0) is 20.5. The van der Waals surface area contributed by atoms with Crippen molar-refractivity contribution in [1.29, 1.82) is 0 Å². The summed E-state index contributed by atoms with van der Waals surface area (Å²) >= 11 is 1.54. The van der Waals surface area contributed by atoms with Crippen LogP contribution in [0.2, 0.25) is 0 Å². The van der Waals surface area contributed by atoms with Gasteiger partial charge in [-0.15, -0.1) is 11.3 Å². The lowest BCUT2D eigenvalue weighted by atomic mass is 9.93. The number of ether oxygens (including phenoxy) is 1. The van der Waals surface area contributed by atoms with E-state index in [0.717, 1.165) is 22.3 Å². The molecule has 3 heterocycles. The van der Waals surface area contributed by atoms with Crippen molar-refractivity contribution >= 4 is 40.2 Å². The molecule has 6 nitrogen and oxygen atoms in total. The summed E-state index contributed by atoms with van der Waals surface area (Å²) in [6.07, 6.45) is 0.828.